The Kier molecular flexibility index (Phi) is 4.72. The van der Waals surface area contributed by atoms with Crippen LogP contribution in [-0.2, 0) is 0 Å². The van der Waals surface area contributed by atoms with Gasteiger partial charge in [0.1, 0.15) is 11.5 Å². The van der Waals surface area contributed by atoms with Gasteiger partial charge in [-0.1, -0.05) is 28.1 Å². The quantitative estimate of drug-likeness (QED) is 0.744. The van der Waals surface area contributed by atoms with Gasteiger partial charge in [0, 0.05) is 10.0 Å². The maximum absolute atomic E-state index is 6.56. The first kappa shape index (κ1) is 14.2. The lowest BCUT2D eigenvalue weighted by atomic mass is 10.0. The van der Waals surface area contributed by atoms with Crippen LogP contribution in [0.15, 0.2) is 46.9 Å². The van der Waals surface area contributed by atoms with Crippen LogP contribution in [0, 0.1) is 0 Å². The van der Waals surface area contributed by atoms with Gasteiger partial charge < -0.3 is 9.47 Å². The van der Waals surface area contributed by atoms with Gasteiger partial charge in [0.15, 0.2) is 0 Å². The lowest BCUT2D eigenvalue weighted by Crippen LogP contribution is -1.98. The van der Waals surface area contributed by atoms with Crippen LogP contribution in [-0.4, -0.2) is 14.2 Å². The van der Waals surface area contributed by atoms with Gasteiger partial charge in [0.05, 0.1) is 19.6 Å². The number of ether oxygens (including phenoxy) is 2. The first-order valence-corrected chi connectivity index (χ1v) is 7.00. The second kappa shape index (κ2) is 6.31. The summed E-state index contributed by atoms with van der Waals surface area (Å²) in [6.07, 6.45) is 0. The zero-order valence-electron chi connectivity index (χ0n) is 10.7. The van der Waals surface area contributed by atoms with E-state index in [1.165, 1.54) is 0 Å². The van der Waals surface area contributed by atoms with E-state index in [4.69, 9.17) is 21.1 Å². The zero-order valence-corrected chi connectivity index (χ0v) is 13.0. The van der Waals surface area contributed by atoms with E-state index >= 15 is 0 Å². The van der Waals surface area contributed by atoms with Crippen LogP contribution in [0.25, 0.3) is 0 Å². The van der Waals surface area contributed by atoms with E-state index in [0.29, 0.717) is 0 Å². The van der Waals surface area contributed by atoms with Crippen LogP contribution in [0.4, 0.5) is 0 Å². The second-order valence-corrected chi connectivity index (χ2v) is 5.38. The molecule has 0 aliphatic carbocycles. The van der Waals surface area contributed by atoms with Gasteiger partial charge in [0.25, 0.3) is 0 Å². The van der Waals surface area contributed by atoms with Crippen LogP contribution < -0.4 is 9.47 Å². The number of rotatable bonds is 4. The molecule has 0 radical (unpaired) electrons. The Morgan fingerprint density at radius 3 is 2.53 bits per heavy atom. The van der Waals surface area contributed by atoms with E-state index in [1.54, 1.807) is 14.2 Å². The minimum atomic E-state index is -0.289. The summed E-state index contributed by atoms with van der Waals surface area (Å²) in [6.45, 7) is 0. The molecule has 0 saturated heterocycles. The molecule has 0 aromatic heterocycles. The van der Waals surface area contributed by atoms with Crippen molar-refractivity contribution in [3.8, 4) is 11.5 Å². The summed E-state index contributed by atoms with van der Waals surface area (Å²) in [7, 11) is 3.28. The normalized spacial score (nSPS) is 12.0. The Morgan fingerprint density at radius 1 is 1.05 bits per heavy atom. The third-order valence-electron chi connectivity index (χ3n) is 2.85. The molecule has 0 saturated carbocycles. The third kappa shape index (κ3) is 3.23. The third-order valence-corrected chi connectivity index (χ3v) is 3.83. The number of methoxy groups -OCH3 is 2. The zero-order chi connectivity index (χ0) is 13.8. The number of hydrogen-bond acceptors (Lipinski definition) is 2. The molecule has 0 amide bonds. The highest BCUT2D eigenvalue weighted by Crippen LogP contribution is 2.37. The largest absolute Gasteiger partial charge is 0.497 e. The molecule has 100 valence electrons. The number of alkyl halides is 1. The fraction of sp³-hybridized carbons (Fsp3) is 0.200. The van der Waals surface area contributed by atoms with Crippen LogP contribution in [0.3, 0.4) is 0 Å². The second-order valence-electron chi connectivity index (χ2n) is 4.03. The molecule has 2 aromatic carbocycles. The lowest BCUT2D eigenvalue weighted by molar-refractivity contribution is 0.409. The van der Waals surface area contributed by atoms with Crippen LogP contribution in [0.2, 0.25) is 0 Å². The average Bonchev–Trinajstić information content (AvgIpc) is 2.46. The summed E-state index contributed by atoms with van der Waals surface area (Å²) >= 11 is 10.0. The van der Waals surface area contributed by atoms with Crippen molar-refractivity contribution in [2.24, 2.45) is 0 Å². The molecule has 1 unspecified atom stereocenters. The molecule has 0 N–H and O–H groups in total. The molecular formula is C15H14BrClO2. The summed E-state index contributed by atoms with van der Waals surface area (Å²) in [5.41, 5.74) is 1.89. The lowest BCUT2D eigenvalue weighted by Gasteiger charge is -2.15. The average molecular weight is 342 g/mol. The minimum Gasteiger partial charge on any atom is -0.497 e. The van der Waals surface area contributed by atoms with E-state index in [1.807, 2.05) is 42.5 Å². The van der Waals surface area contributed by atoms with Crippen LogP contribution >= 0.6 is 27.5 Å². The summed E-state index contributed by atoms with van der Waals surface area (Å²) < 4.78 is 11.6. The van der Waals surface area contributed by atoms with Gasteiger partial charge in [-0.2, -0.15) is 0 Å². The maximum atomic E-state index is 6.56. The molecule has 2 nitrogen and oxygen atoms in total. The van der Waals surface area contributed by atoms with Crippen molar-refractivity contribution >= 4 is 27.5 Å². The van der Waals surface area contributed by atoms with Gasteiger partial charge >= 0.3 is 0 Å². The molecule has 19 heavy (non-hydrogen) atoms. The monoisotopic (exact) mass is 340 g/mol. The predicted octanol–water partition coefficient (Wildman–Crippen LogP) is 4.79. The maximum Gasteiger partial charge on any atom is 0.123 e. The van der Waals surface area contributed by atoms with Gasteiger partial charge in [-0.25, -0.2) is 0 Å². The van der Waals surface area contributed by atoms with Gasteiger partial charge in [0.2, 0.25) is 0 Å². The highest BCUT2D eigenvalue weighted by molar-refractivity contribution is 9.10. The van der Waals surface area contributed by atoms with Crippen molar-refractivity contribution in [2.45, 2.75) is 5.38 Å². The smallest absolute Gasteiger partial charge is 0.123 e. The molecule has 0 bridgehead atoms. The van der Waals surface area contributed by atoms with Gasteiger partial charge in [-0.05, 0) is 35.9 Å². The fourth-order valence-corrected chi connectivity index (χ4v) is 2.57. The number of hydrogen-bond donors (Lipinski definition) is 0. The molecule has 0 aliphatic rings. The summed E-state index contributed by atoms with van der Waals surface area (Å²) in [5.74, 6) is 1.56. The Hall–Kier alpha value is -1.19. The van der Waals surface area contributed by atoms with Crippen molar-refractivity contribution in [2.75, 3.05) is 14.2 Å². The Balaban J connectivity index is 2.42. The molecular weight excluding hydrogens is 328 g/mol. The fourth-order valence-electron chi connectivity index (χ4n) is 1.88. The molecule has 0 heterocycles. The topological polar surface area (TPSA) is 18.5 Å². The number of halogens is 2. The number of benzene rings is 2. The highest BCUT2D eigenvalue weighted by atomic mass is 79.9. The van der Waals surface area contributed by atoms with Gasteiger partial charge in [-0.15, -0.1) is 11.6 Å². The summed E-state index contributed by atoms with van der Waals surface area (Å²) in [5, 5.41) is -0.289. The van der Waals surface area contributed by atoms with E-state index in [-0.39, 0.29) is 5.38 Å². The molecule has 0 spiro atoms. The SMILES string of the molecule is COc1cccc(C(Cl)c2cc(Br)ccc2OC)c1. The van der Waals surface area contributed by atoms with E-state index in [0.717, 1.165) is 27.1 Å². The van der Waals surface area contributed by atoms with Crippen molar-refractivity contribution in [1.82, 2.24) is 0 Å². The van der Waals surface area contributed by atoms with Crippen LogP contribution in [0.1, 0.15) is 16.5 Å². The van der Waals surface area contributed by atoms with Crippen molar-refractivity contribution in [1.29, 1.82) is 0 Å². The Bertz CT molecular complexity index is 572. The first-order chi connectivity index (χ1) is 9.15. The predicted molar refractivity (Wildman–Crippen MR) is 81.4 cm³/mol. The Morgan fingerprint density at radius 2 is 1.84 bits per heavy atom. The Labute approximate surface area is 126 Å². The molecule has 2 aromatic rings. The van der Waals surface area contributed by atoms with E-state index in [2.05, 4.69) is 15.9 Å². The molecule has 4 heteroatoms. The molecule has 2 rings (SSSR count). The summed E-state index contributed by atoms with van der Waals surface area (Å²) in [4.78, 5) is 0. The standard InChI is InChI=1S/C15H14BrClO2/c1-18-12-5-3-4-10(8-12)15(17)13-9-11(16)6-7-14(13)19-2/h3-9,15H,1-2H3. The molecule has 0 fully saturated rings. The first-order valence-electron chi connectivity index (χ1n) is 5.77. The van der Waals surface area contributed by atoms with Crippen LogP contribution in [0.5, 0.6) is 11.5 Å². The van der Waals surface area contributed by atoms with Crippen molar-refractivity contribution in [3.05, 3.63) is 58.1 Å². The van der Waals surface area contributed by atoms with Crippen molar-refractivity contribution < 1.29 is 9.47 Å². The van der Waals surface area contributed by atoms with Crippen molar-refractivity contribution in [3.63, 3.8) is 0 Å². The molecule has 1 atom stereocenters. The van der Waals surface area contributed by atoms with E-state index < -0.39 is 0 Å². The summed E-state index contributed by atoms with van der Waals surface area (Å²) in [6, 6.07) is 13.5. The molecule has 0 aliphatic heterocycles. The highest BCUT2D eigenvalue weighted by Gasteiger charge is 2.16. The minimum absolute atomic E-state index is 0.289. The van der Waals surface area contributed by atoms with E-state index in [9.17, 15) is 0 Å². The van der Waals surface area contributed by atoms with Gasteiger partial charge in [-0.3, -0.25) is 0 Å².